The van der Waals surface area contributed by atoms with E-state index in [0.29, 0.717) is 15.9 Å². The summed E-state index contributed by atoms with van der Waals surface area (Å²) in [5, 5.41) is 10.2. The van der Waals surface area contributed by atoms with Crippen LogP contribution in [0, 0.1) is 0 Å². The van der Waals surface area contributed by atoms with Crippen molar-refractivity contribution < 1.29 is 27.9 Å². The summed E-state index contributed by atoms with van der Waals surface area (Å²) in [5.74, 6) is -1.82. The van der Waals surface area contributed by atoms with Crippen LogP contribution in [0.4, 0.5) is 18.9 Å². The Bertz CT molecular complexity index is 1080. The Morgan fingerprint density at radius 1 is 1.18 bits per heavy atom. The third-order valence-electron chi connectivity index (χ3n) is 4.34. The van der Waals surface area contributed by atoms with E-state index in [1.54, 1.807) is 12.1 Å². The highest BCUT2D eigenvalue weighted by atomic mass is 35.5. The van der Waals surface area contributed by atoms with Gasteiger partial charge in [0.15, 0.2) is 0 Å². The molecule has 0 aliphatic carbocycles. The van der Waals surface area contributed by atoms with Crippen molar-refractivity contribution >= 4 is 40.1 Å². The Morgan fingerprint density at radius 2 is 1.89 bits per heavy atom. The fourth-order valence-corrected chi connectivity index (χ4v) is 3.06. The van der Waals surface area contributed by atoms with Crippen molar-refractivity contribution in [3.05, 3.63) is 64.3 Å². The van der Waals surface area contributed by atoms with E-state index in [1.807, 2.05) is 0 Å². The number of benzene rings is 2. The number of carbonyl (C=O) groups is 2. The Hall–Kier alpha value is -3.00. The first-order valence-corrected chi connectivity index (χ1v) is 8.43. The molecular formula is C19H14ClF3N2O3. The summed E-state index contributed by atoms with van der Waals surface area (Å²) in [7, 11) is 1.33. The molecule has 146 valence electrons. The predicted octanol–water partition coefficient (Wildman–Crippen LogP) is 4.74. The number of anilines is 1. The molecule has 0 saturated heterocycles. The number of alkyl halides is 3. The van der Waals surface area contributed by atoms with Crippen LogP contribution in [-0.4, -0.2) is 29.0 Å². The van der Waals surface area contributed by atoms with Crippen LogP contribution in [0.2, 0.25) is 5.02 Å². The van der Waals surface area contributed by atoms with Crippen LogP contribution >= 0.6 is 11.6 Å². The summed E-state index contributed by atoms with van der Waals surface area (Å²) >= 11 is 5.97. The van der Waals surface area contributed by atoms with Gasteiger partial charge in [-0.05, 0) is 36.4 Å². The van der Waals surface area contributed by atoms with E-state index in [0.717, 1.165) is 17.0 Å². The zero-order valence-electron chi connectivity index (χ0n) is 14.5. The fourth-order valence-electron chi connectivity index (χ4n) is 2.89. The van der Waals surface area contributed by atoms with E-state index in [4.69, 9.17) is 11.6 Å². The lowest BCUT2D eigenvalue weighted by atomic mass is 10.1. The van der Waals surface area contributed by atoms with Crippen molar-refractivity contribution in [2.24, 2.45) is 0 Å². The van der Waals surface area contributed by atoms with E-state index in [-0.39, 0.29) is 23.4 Å². The van der Waals surface area contributed by atoms with Crippen LogP contribution in [-0.2, 0) is 17.4 Å². The monoisotopic (exact) mass is 410 g/mol. The third kappa shape index (κ3) is 3.82. The van der Waals surface area contributed by atoms with Crippen molar-refractivity contribution in [2.75, 3.05) is 11.9 Å². The first kappa shape index (κ1) is 19.8. The smallest absolute Gasteiger partial charge is 0.416 e. The summed E-state index contributed by atoms with van der Waals surface area (Å²) in [6, 6.07) is 9.05. The maximum Gasteiger partial charge on any atom is 0.416 e. The average Bonchev–Trinajstić information content (AvgIpc) is 2.98. The molecule has 1 amide bonds. The number of aromatic nitrogens is 1. The van der Waals surface area contributed by atoms with Gasteiger partial charge in [0.05, 0.1) is 12.0 Å². The molecule has 3 rings (SSSR count). The summed E-state index contributed by atoms with van der Waals surface area (Å²) in [6.07, 6.45) is -4.86. The van der Waals surface area contributed by atoms with Gasteiger partial charge in [0, 0.05) is 34.2 Å². The highest BCUT2D eigenvalue weighted by Crippen LogP contribution is 2.32. The van der Waals surface area contributed by atoms with Gasteiger partial charge in [-0.1, -0.05) is 17.7 Å². The Balaban J connectivity index is 1.96. The van der Waals surface area contributed by atoms with Gasteiger partial charge in [0.25, 0.3) is 0 Å². The quantitative estimate of drug-likeness (QED) is 0.652. The van der Waals surface area contributed by atoms with Gasteiger partial charge in [-0.25, -0.2) is 4.79 Å². The second-order valence-corrected chi connectivity index (χ2v) is 6.59. The second-order valence-electron chi connectivity index (χ2n) is 6.15. The standard InChI is InChI=1S/C19H14ClF3N2O3/c1-25(12-4-2-3-10(7-12)19(21,22)23)16(26)9-14-13-8-11(20)5-6-15(13)24-17(14)18(27)28/h2-8,24H,9H2,1H3,(H,27,28). The summed E-state index contributed by atoms with van der Waals surface area (Å²) in [6.45, 7) is 0. The molecule has 0 aliphatic heterocycles. The number of aromatic amines is 1. The molecule has 0 aliphatic rings. The number of carboxylic acids is 1. The molecule has 28 heavy (non-hydrogen) atoms. The van der Waals surface area contributed by atoms with Crippen LogP contribution in [0.5, 0.6) is 0 Å². The molecule has 0 unspecified atom stereocenters. The highest BCUT2D eigenvalue weighted by Gasteiger charge is 2.31. The lowest BCUT2D eigenvalue weighted by Crippen LogP contribution is -2.28. The lowest BCUT2D eigenvalue weighted by Gasteiger charge is -2.19. The zero-order valence-corrected chi connectivity index (χ0v) is 15.2. The molecule has 0 fully saturated rings. The topological polar surface area (TPSA) is 73.4 Å². The molecule has 0 saturated carbocycles. The third-order valence-corrected chi connectivity index (χ3v) is 4.58. The van der Waals surface area contributed by atoms with Crippen LogP contribution in [0.15, 0.2) is 42.5 Å². The number of amides is 1. The Labute approximate surface area is 162 Å². The molecule has 0 radical (unpaired) electrons. The number of carbonyl (C=O) groups excluding carboxylic acids is 1. The zero-order chi connectivity index (χ0) is 20.6. The van der Waals surface area contributed by atoms with Crippen LogP contribution in [0.25, 0.3) is 10.9 Å². The minimum atomic E-state index is -4.54. The fraction of sp³-hybridized carbons (Fsp3) is 0.158. The summed E-state index contributed by atoms with van der Waals surface area (Å²) in [4.78, 5) is 28.0. The number of aromatic carboxylic acids is 1. The van der Waals surface area contributed by atoms with Crippen molar-refractivity contribution in [1.29, 1.82) is 0 Å². The van der Waals surface area contributed by atoms with Gasteiger partial charge in [-0.15, -0.1) is 0 Å². The summed E-state index contributed by atoms with van der Waals surface area (Å²) in [5.41, 5.74) is -0.285. The number of likely N-dealkylation sites (N-methyl/N-ethyl adjacent to an activating group) is 1. The normalized spacial score (nSPS) is 11.6. The molecule has 2 aromatic carbocycles. The number of halogens is 4. The van der Waals surface area contributed by atoms with Crippen LogP contribution < -0.4 is 4.90 Å². The number of carboxylic acid groups (broad SMARTS) is 1. The maximum atomic E-state index is 12.9. The van der Waals surface area contributed by atoms with Gasteiger partial charge in [0.1, 0.15) is 5.69 Å². The Kier molecular flexibility index (Phi) is 5.08. The average molecular weight is 411 g/mol. The molecule has 0 atom stereocenters. The van der Waals surface area contributed by atoms with Gasteiger partial charge in [-0.3, -0.25) is 4.79 Å². The van der Waals surface area contributed by atoms with E-state index in [9.17, 15) is 27.9 Å². The molecule has 1 heterocycles. The molecule has 3 aromatic rings. The number of nitrogens with zero attached hydrogens (tertiary/aromatic N) is 1. The van der Waals surface area contributed by atoms with Crippen molar-refractivity contribution in [1.82, 2.24) is 4.98 Å². The molecular weight excluding hydrogens is 397 g/mol. The number of H-pyrrole nitrogens is 1. The number of fused-ring (bicyclic) bond motifs is 1. The SMILES string of the molecule is CN(C(=O)Cc1c(C(=O)O)[nH]c2ccc(Cl)cc12)c1cccc(C(F)(F)F)c1. The molecule has 0 spiro atoms. The highest BCUT2D eigenvalue weighted by molar-refractivity contribution is 6.31. The van der Waals surface area contributed by atoms with E-state index >= 15 is 0 Å². The number of nitrogens with one attached hydrogen (secondary N) is 1. The molecule has 9 heteroatoms. The van der Waals surface area contributed by atoms with Gasteiger partial charge in [-0.2, -0.15) is 13.2 Å². The van der Waals surface area contributed by atoms with Gasteiger partial charge in [0.2, 0.25) is 5.91 Å². The number of hydrogen-bond acceptors (Lipinski definition) is 2. The first-order chi connectivity index (χ1) is 13.1. The maximum absolute atomic E-state index is 12.9. The molecule has 0 bridgehead atoms. The summed E-state index contributed by atoms with van der Waals surface area (Å²) < 4.78 is 38.7. The lowest BCUT2D eigenvalue weighted by molar-refractivity contribution is -0.137. The Morgan fingerprint density at radius 3 is 2.54 bits per heavy atom. The van der Waals surface area contributed by atoms with Crippen molar-refractivity contribution in [3.63, 3.8) is 0 Å². The van der Waals surface area contributed by atoms with Gasteiger partial charge < -0.3 is 15.0 Å². The first-order valence-electron chi connectivity index (χ1n) is 8.05. The minimum absolute atomic E-state index is 0.0505. The number of rotatable bonds is 4. The van der Waals surface area contributed by atoms with E-state index in [2.05, 4.69) is 4.98 Å². The number of hydrogen-bond donors (Lipinski definition) is 2. The van der Waals surface area contributed by atoms with Crippen molar-refractivity contribution in [2.45, 2.75) is 12.6 Å². The predicted molar refractivity (Wildman–Crippen MR) is 98.8 cm³/mol. The second kappa shape index (κ2) is 7.20. The molecule has 2 N–H and O–H groups in total. The van der Waals surface area contributed by atoms with E-state index < -0.39 is 23.6 Å². The largest absolute Gasteiger partial charge is 0.477 e. The molecule has 5 nitrogen and oxygen atoms in total. The van der Waals surface area contributed by atoms with Gasteiger partial charge >= 0.3 is 12.1 Å². The van der Waals surface area contributed by atoms with Crippen LogP contribution in [0.3, 0.4) is 0 Å². The van der Waals surface area contributed by atoms with Crippen LogP contribution in [0.1, 0.15) is 21.6 Å². The van der Waals surface area contributed by atoms with E-state index in [1.165, 1.54) is 25.2 Å². The minimum Gasteiger partial charge on any atom is -0.477 e. The van der Waals surface area contributed by atoms with Crippen molar-refractivity contribution in [3.8, 4) is 0 Å². The molecule has 1 aromatic heterocycles.